The predicted octanol–water partition coefficient (Wildman–Crippen LogP) is 1.65. The van der Waals surface area contributed by atoms with Gasteiger partial charge in [-0.1, -0.05) is 16.8 Å². The minimum Gasteiger partial charge on any atom is -0.481 e. The molecule has 0 fully saturated rings. The molecule has 1 heterocycles. The van der Waals surface area contributed by atoms with Gasteiger partial charge in [-0.05, 0) is 6.92 Å². The first-order valence-electron chi connectivity index (χ1n) is 3.43. The first-order valence-corrected chi connectivity index (χ1v) is 3.81. The molecule has 4 nitrogen and oxygen atoms in total. The van der Waals surface area contributed by atoms with E-state index in [1.807, 2.05) is 0 Å². The smallest absolute Gasteiger partial charge is 0.303 e. The third-order valence-corrected chi connectivity index (χ3v) is 1.91. The van der Waals surface area contributed by atoms with Gasteiger partial charge in [-0.3, -0.25) is 4.79 Å². The summed E-state index contributed by atoms with van der Waals surface area (Å²) < 4.78 is 4.80. The summed E-state index contributed by atoms with van der Waals surface area (Å²) in [6.45, 7) is 1.70. The van der Waals surface area contributed by atoms with Crippen molar-refractivity contribution in [3.63, 3.8) is 0 Å². The molecule has 0 aliphatic heterocycles. The van der Waals surface area contributed by atoms with E-state index in [0.29, 0.717) is 16.5 Å². The van der Waals surface area contributed by atoms with Crippen LogP contribution in [0.4, 0.5) is 0 Å². The fourth-order valence-corrected chi connectivity index (χ4v) is 0.945. The quantitative estimate of drug-likeness (QED) is 0.786. The minimum atomic E-state index is -0.875. The van der Waals surface area contributed by atoms with E-state index in [0.717, 1.165) is 0 Å². The molecule has 0 aliphatic carbocycles. The van der Waals surface area contributed by atoms with E-state index in [9.17, 15) is 4.79 Å². The highest BCUT2D eigenvalue weighted by Gasteiger charge is 2.11. The van der Waals surface area contributed by atoms with Crippen molar-refractivity contribution in [3.05, 3.63) is 16.5 Å². The number of carbonyl (C=O) groups is 1. The maximum atomic E-state index is 10.2. The van der Waals surface area contributed by atoms with Crippen molar-refractivity contribution in [2.24, 2.45) is 0 Å². The van der Waals surface area contributed by atoms with Gasteiger partial charge in [-0.15, -0.1) is 0 Å². The molecule has 1 N–H and O–H groups in total. The lowest BCUT2D eigenvalue weighted by atomic mass is 10.2. The van der Waals surface area contributed by atoms with E-state index >= 15 is 0 Å². The summed E-state index contributed by atoms with van der Waals surface area (Å²) in [6.07, 6.45) is 0.295. The van der Waals surface area contributed by atoms with Gasteiger partial charge >= 0.3 is 5.97 Å². The highest BCUT2D eigenvalue weighted by Crippen LogP contribution is 2.20. The van der Waals surface area contributed by atoms with Crippen LogP contribution in [-0.2, 0) is 11.2 Å². The first-order chi connectivity index (χ1) is 5.61. The van der Waals surface area contributed by atoms with Crippen molar-refractivity contribution in [1.82, 2.24) is 5.16 Å². The van der Waals surface area contributed by atoms with Crippen molar-refractivity contribution in [2.45, 2.75) is 19.8 Å². The normalized spacial score (nSPS) is 10.2. The molecule has 1 aromatic heterocycles. The van der Waals surface area contributed by atoms with Crippen LogP contribution in [0, 0.1) is 6.92 Å². The van der Waals surface area contributed by atoms with Crippen LogP contribution in [0.15, 0.2) is 4.52 Å². The lowest BCUT2D eigenvalue weighted by Crippen LogP contribution is -1.96. The second-order valence-electron chi connectivity index (χ2n) is 2.40. The maximum absolute atomic E-state index is 10.2. The third-order valence-electron chi connectivity index (χ3n) is 1.42. The standard InChI is InChI=1S/C7H8ClNO3/c1-4-7(8)5(12-9-4)2-3-6(10)11/h2-3H2,1H3,(H,10,11). The monoisotopic (exact) mass is 189 g/mol. The van der Waals surface area contributed by atoms with Crippen molar-refractivity contribution >= 4 is 17.6 Å². The molecule has 0 aliphatic rings. The molecule has 0 atom stereocenters. The SMILES string of the molecule is Cc1noc(CCC(=O)O)c1Cl. The van der Waals surface area contributed by atoms with E-state index in [2.05, 4.69) is 5.16 Å². The van der Waals surface area contributed by atoms with Gasteiger partial charge in [0, 0.05) is 6.42 Å². The van der Waals surface area contributed by atoms with Gasteiger partial charge in [0.25, 0.3) is 0 Å². The summed E-state index contributed by atoms with van der Waals surface area (Å²) in [5.41, 5.74) is 0.594. The average molecular weight is 190 g/mol. The van der Waals surface area contributed by atoms with Gasteiger partial charge in [0.15, 0.2) is 5.76 Å². The molecule has 1 aromatic rings. The molecule has 0 aromatic carbocycles. The molecule has 0 unspecified atom stereocenters. The molecule has 1 rings (SSSR count). The Bertz CT molecular complexity index is 295. The van der Waals surface area contributed by atoms with Crippen LogP contribution in [0.5, 0.6) is 0 Å². The molecule has 0 saturated carbocycles. The molecule has 0 bridgehead atoms. The number of nitrogens with zero attached hydrogens (tertiary/aromatic N) is 1. The van der Waals surface area contributed by atoms with Crippen LogP contribution in [0.2, 0.25) is 5.02 Å². The van der Waals surface area contributed by atoms with E-state index in [-0.39, 0.29) is 12.8 Å². The molecule has 12 heavy (non-hydrogen) atoms. The van der Waals surface area contributed by atoms with Crippen molar-refractivity contribution < 1.29 is 14.4 Å². The Morgan fingerprint density at radius 3 is 2.83 bits per heavy atom. The Kier molecular flexibility index (Phi) is 2.70. The number of rotatable bonds is 3. The van der Waals surface area contributed by atoms with Gasteiger partial charge < -0.3 is 9.63 Å². The van der Waals surface area contributed by atoms with Crippen LogP contribution in [0.3, 0.4) is 0 Å². The summed E-state index contributed by atoms with van der Waals surface area (Å²) in [5, 5.41) is 12.4. The number of carboxylic acids is 1. The molecule has 0 amide bonds. The predicted molar refractivity (Wildman–Crippen MR) is 42.2 cm³/mol. The van der Waals surface area contributed by atoms with Crippen LogP contribution in [0.25, 0.3) is 0 Å². The topological polar surface area (TPSA) is 63.3 Å². The fourth-order valence-electron chi connectivity index (χ4n) is 0.781. The molecule has 0 radical (unpaired) electrons. The lowest BCUT2D eigenvalue weighted by Gasteiger charge is -1.90. The van der Waals surface area contributed by atoms with Crippen molar-refractivity contribution in [2.75, 3.05) is 0 Å². The number of aliphatic carboxylic acids is 1. The van der Waals surface area contributed by atoms with Crippen LogP contribution in [0.1, 0.15) is 17.9 Å². The first kappa shape index (κ1) is 9.06. The molecule has 0 spiro atoms. The second kappa shape index (κ2) is 3.58. The van der Waals surface area contributed by atoms with Crippen molar-refractivity contribution in [3.8, 4) is 0 Å². The average Bonchev–Trinajstić information content (AvgIpc) is 2.30. The fraction of sp³-hybridized carbons (Fsp3) is 0.429. The van der Waals surface area contributed by atoms with Gasteiger partial charge in [-0.25, -0.2) is 0 Å². The van der Waals surface area contributed by atoms with Gasteiger partial charge in [0.05, 0.1) is 12.1 Å². The summed E-state index contributed by atoms with van der Waals surface area (Å²) >= 11 is 5.74. The molecule has 66 valence electrons. The molecule has 5 heteroatoms. The van der Waals surface area contributed by atoms with E-state index in [1.165, 1.54) is 0 Å². The number of hydrogen-bond acceptors (Lipinski definition) is 3. The van der Waals surface area contributed by atoms with E-state index in [1.54, 1.807) is 6.92 Å². The maximum Gasteiger partial charge on any atom is 0.303 e. The second-order valence-corrected chi connectivity index (χ2v) is 2.78. The zero-order valence-corrected chi connectivity index (χ0v) is 7.26. The molecular weight excluding hydrogens is 182 g/mol. The highest BCUT2D eigenvalue weighted by molar-refractivity contribution is 6.31. The summed E-state index contributed by atoms with van der Waals surface area (Å²) in [5.74, 6) is -0.434. The summed E-state index contributed by atoms with van der Waals surface area (Å²) in [7, 11) is 0. The zero-order chi connectivity index (χ0) is 9.14. The highest BCUT2D eigenvalue weighted by atomic mass is 35.5. The number of carboxylic acid groups (broad SMARTS) is 1. The van der Waals surface area contributed by atoms with Crippen LogP contribution >= 0.6 is 11.6 Å². The Morgan fingerprint density at radius 2 is 2.42 bits per heavy atom. The summed E-state index contributed by atoms with van der Waals surface area (Å²) in [6, 6.07) is 0. The van der Waals surface area contributed by atoms with E-state index in [4.69, 9.17) is 21.2 Å². The summed E-state index contributed by atoms with van der Waals surface area (Å²) in [4.78, 5) is 10.2. The Hall–Kier alpha value is -1.03. The zero-order valence-electron chi connectivity index (χ0n) is 6.50. The number of aryl methyl sites for hydroxylation is 2. The Labute approximate surface area is 74.1 Å². The number of hydrogen-bond donors (Lipinski definition) is 1. The van der Waals surface area contributed by atoms with Gasteiger partial charge in [0.1, 0.15) is 5.02 Å². The lowest BCUT2D eigenvalue weighted by molar-refractivity contribution is -0.137. The largest absolute Gasteiger partial charge is 0.481 e. The Morgan fingerprint density at radius 1 is 1.75 bits per heavy atom. The van der Waals surface area contributed by atoms with Gasteiger partial charge in [0.2, 0.25) is 0 Å². The Balaban J connectivity index is 2.63. The number of aromatic nitrogens is 1. The van der Waals surface area contributed by atoms with Crippen LogP contribution in [-0.4, -0.2) is 16.2 Å². The van der Waals surface area contributed by atoms with Crippen molar-refractivity contribution in [1.29, 1.82) is 0 Å². The van der Waals surface area contributed by atoms with Crippen LogP contribution < -0.4 is 0 Å². The third kappa shape index (κ3) is 1.98. The molecule has 0 saturated heterocycles. The van der Waals surface area contributed by atoms with E-state index < -0.39 is 5.97 Å². The van der Waals surface area contributed by atoms with Gasteiger partial charge in [-0.2, -0.15) is 0 Å². The number of halogens is 1. The minimum absolute atomic E-state index is 0.00829. The molecular formula is C7H8ClNO3.